The molecule has 0 fully saturated rings. The topological polar surface area (TPSA) is 61.2 Å². The van der Waals surface area contributed by atoms with Gasteiger partial charge in [-0.25, -0.2) is 0 Å². The number of nitrogens with zero attached hydrogens (tertiary/aromatic N) is 2. The minimum absolute atomic E-state index is 0.225. The Morgan fingerprint density at radius 3 is 2.29 bits per heavy atom. The molecule has 0 saturated carbocycles. The van der Waals surface area contributed by atoms with Crippen LogP contribution in [-0.4, -0.2) is 24.2 Å². The maximum absolute atomic E-state index is 12.8. The Labute approximate surface area is 125 Å². The summed E-state index contributed by atoms with van der Waals surface area (Å²) in [6.45, 7) is 9.54. The van der Waals surface area contributed by atoms with E-state index in [1.807, 2.05) is 19.9 Å². The average Bonchev–Trinajstić information content (AvgIpc) is 2.72. The molecule has 21 heavy (non-hydrogen) atoms. The van der Waals surface area contributed by atoms with E-state index in [2.05, 4.69) is 5.10 Å². The summed E-state index contributed by atoms with van der Waals surface area (Å²) in [5, 5.41) is 4.09. The third kappa shape index (κ3) is 2.81. The Morgan fingerprint density at radius 2 is 1.76 bits per heavy atom. The number of aryl methyl sites for hydroxylation is 4. The van der Waals surface area contributed by atoms with Crippen LogP contribution in [-0.2, 0) is 10.0 Å². The fraction of sp³-hybridized carbons (Fsp3) is 0.400. The first-order chi connectivity index (χ1) is 9.77. The maximum atomic E-state index is 12.8. The minimum Gasteiger partial charge on any atom is -0.494 e. The highest BCUT2D eigenvalue weighted by Gasteiger charge is 2.23. The number of aromatic nitrogens is 2. The summed E-state index contributed by atoms with van der Waals surface area (Å²) in [5.74, 6) is 0.586. The van der Waals surface area contributed by atoms with Crippen LogP contribution >= 0.6 is 0 Å². The van der Waals surface area contributed by atoms with Gasteiger partial charge in [-0.1, -0.05) is 6.07 Å². The van der Waals surface area contributed by atoms with E-state index in [1.54, 1.807) is 32.9 Å². The summed E-state index contributed by atoms with van der Waals surface area (Å²) in [6, 6.07) is 5.15. The Kier molecular flexibility index (Phi) is 4.09. The van der Waals surface area contributed by atoms with Gasteiger partial charge in [0.25, 0.3) is 10.0 Å². The Morgan fingerprint density at radius 1 is 1.10 bits per heavy atom. The molecule has 0 aliphatic heterocycles. The van der Waals surface area contributed by atoms with E-state index in [4.69, 9.17) is 4.74 Å². The molecule has 0 N–H and O–H groups in total. The van der Waals surface area contributed by atoms with Crippen molar-refractivity contribution in [3.8, 4) is 5.75 Å². The number of hydrogen-bond acceptors (Lipinski definition) is 4. The molecule has 114 valence electrons. The van der Waals surface area contributed by atoms with E-state index in [0.717, 1.165) is 9.65 Å². The molecule has 2 rings (SSSR count). The number of ether oxygens (including phenoxy) is 1. The first kappa shape index (κ1) is 15.6. The number of benzene rings is 1. The predicted octanol–water partition coefficient (Wildman–Crippen LogP) is 2.75. The van der Waals surface area contributed by atoms with E-state index in [-0.39, 0.29) is 4.90 Å². The Hall–Kier alpha value is -1.82. The standard InChI is InChI=1S/C15H20N2O3S/c1-6-20-14-9-15(11(3)7-10(14)2)21(18,19)17-13(5)8-12(4)16-17/h7-9H,6H2,1-5H3. The Balaban J connectivity index is 2.65. The fourth-order valence-electron chi connectivity index (χ4n) is 2.35. The first-order valence-electron chi connectivity index (χ1n) is 6.80. The molecule has 1 heterocycles. The normalized spacial score (nSPS) is 11.7. The van der Waals surface area contributed by atoms with Crippen LogP contribution in [0.15, 0.2) is 23.1 Å². The van der Waals surface area contributed by atoms with Gasteiger partial charge in [-0.3, -0.25) is 0 Å². The van der Waals surface area contributed by atoms with E-state index < -0.39 is 10.0 Å². The van der Waals surface area contributed by atoms with Gasteiger partial charge in [0.05, 0.1) is 22.9 Å². The van der Waals surface area contributed by atoms with Crippen LogP contribution in [0.1, 0.15) is 29.4 Å². The van der Waals surface area contributed by atoms with E-state index in [0.29, 0.717) is 29.3 Å². The van der Waals surface area contributed by atoms with Gasteiger partial charge in [-0.05, 0) is 51.8 Å². The van der Waals surface area contributed by atoms with Gasteiger partial charge in [-0.2, -0.15) is 17.6 Å². The lowest BCUT2D eigenvalue weighted by Crippen LogP contribution is -2.17. The summed E-state index contributed by atoms with van der Waals surface area (Å²) < 4.78 is 32.2. The number of rotatable bonds is 4. The molecule has 5 nitrogen and oxygen atoms in total. The third-order valence-corrected chi connectivity index (χ3v) is 5.07. The van der Waals surface area contributed by atoms with Crippen molar-refractivity contribution in [2.75, 3.05) is 6.61 Å². The second-order valence-corrected chi connectivity index (χ2v) is 6.83. The summed E-state index contributed by atoms with van der Waals surface area (Å²) in [4.78, 5) is 0.225. The molecule has 0 unspecified atom stereocenters. The van der Waals surface area contributed by atoms with E-state index in [9.17, 15) is 8.42 Å². The van der Waals surface area contributed by atoms with Crippen LogP contribution < -0.4 is 4.74 Å². The molecule has 1 aromatic carbocycles. The lowest BCUT2D eigenvalue weighted by atomic mass is 10.1. The quantitative estimate of drug-likeness (QED) is 0.871. The van der Waals surface area contributed by atoms with Crippen molar-refractivity contribution in [3.05, 3.63) is 40.7 Å². The molecule has 0 aliphatic rings. The molecule has 6 heteroatoms. The molecule has 0 saturated heterocycles. The van der Waals surface area contributed by atoms with Crippen molar-refractivity contribution in [3.63, 3.8) is 0 Å². The molecule has 0 radical (unpaired) electrons. The second-order valence-electron chi connectivity index (χ2n) is 5.09. The van der Waals surface area contributed by atoms with Crippen molar-refractivity contribution in [2.45, 2.75) is 39.5 Å². The van der Waals surface area contributed by atoms with Crippen molar-refractivity contribution < 1.29 is 13.2 Å². The summed E-state index contributed by atoms with van der Waals surface area (Å²) in [5.41, 5.74) is 2.86. The van der Waals surface area contributed by atoms with E-state index >= 15 is 0 Å². The molecular formula is C15H20N2O3S. The Bertz CT molecular complexity index is 776. The summed E-state index contributed by atoms with van der Waals surface area (Å²) >= 11 is 0. The van der Waals surface area contributed by atoms with Crippen molar-refractivity contribution in [2.24, 2.45) is 0 Å². The highest BCUT2D eigenvalue weighted by Crippen LogP contribution is 2.28. The molecular weight excluding hydrogens is 288 g/mol. The molecule has 0 bridgehead atoms. The van der Waals surface area contributed by atoms with Gasteiger partial charge < -0.3 is 4.74 Å². The van der Waals surface area contributed by atoms with Crippen LogP contribution in [0.5, 0.6) is 5.75 Å². The van der Waals surface area contributed by atoms with Gasteiger partial charge >= 0.3 is 0 Å². The van der Waals surface area contributed by atoms with Crippen LogP contribution in [0.25, 0.3) is 0 Å². The highest BCUT2D eigenvalue weighted by atomic mass is 32.2. The molecule has 2 aromatic rings. The van der Waals surface area contributed by atoms with Crippen LogP contribution in [0.3, 0.4) is 0 Å². The average molecular weight is 308 g/mol. The van der Waals surface area contributed by atoms with Crippen LogP contribution in [0.2, 0.25) is 0 Å². The van der Waals surface area contributed by atoms with Crippen LogP contribution in [0.4, 0.5) is 0 Å². The van der Waals surface area contributed by atoms with Gasteiger partial charge in [0.1, 0.15) is 5.75 Å². The largest absolute Gasteiger partial charge is 0.494 e. The monoisotopic (exact) mass is 308 g/mol. The van der Waals surface area contributed by atoms with Gasteiger partial charge in [-0.15, -0.1) is 0 Å². The first-order valence-corrected chi connectivity index (χ1v) is 8.24. The second kappa shape index (κ2) is 5.52. The van der Waals surface area contributed by atoms with Gasteiger partial charge in [0.2, 0.25) is 0 Å². The molecule has 0 amide bonds. The van der Waals surface area contributed by atoms with Crippen LogP contribution in [0, 0.1) is 27.7 Å². The smallest absolute Gasteiger partial charge is 0.283 e. The maximum Gasteiger partial charge on any atom is 0.283 e. The molecule has 1 aromatic heterocycles. The minimum atomic E-state index is -3.71. The zero-order valence-electron chi connectivity index (χ0n) is 13.0. The third-order valence-electron chi connectivity index (χ3n) is 3.25. The SMILES string of the molecule is CCOc1cc(S(=O)(=O)n2nc(C)cc2C)c(C)cc1C. The van der Waals surface area contributed by atoms with Crippen molar-refractivity contribution in [1.82, 2.24) is 9.19 Å². The summed E-state index contributed by atoms with van der Waals surface area (Å²) in [7, 11) is -3.71. The molecule has 0 aliphatic carbocycles. The zero-order chi connectivity index (χ0) is 15.8. The highest BCUT2D eigenvalue weighted by molar-refractivity contribution is 7.90. The molecule has 0 atom stereocenters. The summed E-state index contributed by atoms with van der Waals surface area (Å²) in [6.07, 6.45) is 0. The molecule has 0 spiro atoms. The van der Waals surface area contributed by atoms with E-state index in [1.165, 1.54) is 0 Å². The predicted molar refractivity (Wildman–Crippen MR) is 81.4 cm³/mol. The van der Waals surface area contributed by atoms with Gasteiger partial charge in [0.15, 0.2) is 0 Å². The van der Waals surface area contributed by atoms with Crippen molar-refractivity contribution >= 4 is 10.0 Å². The lowest BCUT2D eigenvalue weighted by molar-refractivity contribution is 0.336. The fourth-order valence-corrected chi connectivity index (χ4v) is 3.92. The zero-order valence-corrected chi connectivity index (χ0v) is 13.8. The van der Waals surface area contributed by atoms with Crippen molar-refractivity contribution in [1.29, 1.82) is 0 Å². The van der Waals surface area contributed by atoms with Gasteiger partial charge in [0, 0.05) is 6.07 Å². The number of hydrogen-bond donors (Lipinski definition) is 0. The lowest BCUT2D eigenvalue weighted by Gasteiger charge is -2.13.